The maximum atomic E-state index is 10.9. The highest BCUT2D eigenvalue weighted by Crippen LogP contribution is 2.23. The molecule has 0 aliphatic carbocycles. The minimum absolute atomic E-state index is 0.178. The molecule has 0 aromatic carbocycles. The van der Waals surface area contributed by atoms with Gasteiger partial charge < -0.3 is 15.9 Å². The number of hydrogen-bond acceptors (Lipinski definition) is 7. The molecule has 0 radical (unpaired) electrons. The molecule has 0 rings (SSSR count). The molecule has 0 unspecified atom stereocenters. The molecular formula is C6H19N3O5S. The second-order valence-electron chi connectivity index (χ2n) is 2.81. The Kier molecular flexibility index (Phi) is 9.05. The highest BCUT2D eigenvalue weighted by atomic mass is 32.2. The molecule has 0 fully saturated rings. The van der Waals surface area contributed by atoms with Crippen molar-refractivity contribution in [3.63, 3.8) is 0 Å². The molecule has 15 heavy (non-hydrogen) atoms. The summed E-state index contributed by atoms with van der Waals surface area (Å²) in [4.78, 5) is 0. The molecule has 0 saturated heterocycles. The van der Waals surface area contributed by atoms with Crippen LogP contribution in [-0.2, 0) is 10.1 Å². The highest BCUT2D eigenvalue weighted by molar-refractivity contribution is 7.87. The molecule has 0 aromatic heterocycles. The standard InChI is InChI=1S/C6H15NO5S.H4N2/c7-5-6(1-3-8,2-4-9)13(10,11)12;1-2/h8-9H,1-5,7H2,(H,10,11,12);1-2H2. The second kappa shape index (κ2) is 7.93. The van der Waals surface area contributed by atoms with Crippen LogP contribution < -0.4 is 17.4 Å². The fourth-order valence-electron chi connectivity index (χ4n) is 1.10. The minimum atomic E-state index is -4.35. The van der Waals surface area contributed by atoms with Crippen LogP contribution in [0.5, 0.6) is 0 Å². The smallest absolute Gasteiger partial charge is 0.272 e. The summed E-state index contributed by atoms with van der Waals surface area (Å²) in [6.45, 7) is -1.14. The van der Waals surface area contributed by atoms with Gasteiger partial charge in [0.2, 0.25) is 0 Å². The van der Waals surface area contributed by atoms with Crippen LogP contribution in [0.4, 0.5) is 0 Å². The lowest BCUT2D eigenvalue weighted by molar-refractivity contribution is 0.221. The van der Waals surface area contributed by atoms with E-state index in [9.17, 15) is 8.42 Å². The molecule has 0 aliphatic rings. The SMILES string of the molecule is NCC(CCO)(CCO)S(=O)(=O)O.NN. The number of nitrogens with two attached hydrogens (primary N) is 3. The Balaban J connectivity index is 0. The topological polar surface area (TPSA) is 173 Å². The summed E-state index contributed by atoms with van der Waals surface area (Å²) in [7, 11) is -4.35. The lowest BCUT2D eigenvalue weighted by atomic mass is 10.0. The Morgan fingerprint density at radius 3 is 1.53 bits per heavy atom. The lowest BCUT2D eigenvalue weighted by Crippen LogP contribution is -2.46. The normalized spacial score (nSPS) is 11.9. The molecule has 0 amide bonds. The van der Waals surface area contributed by atoms with Gasteiger partial charge in [-0.25, -0.2) is 0 Å². The van der Waals surface area contributed by atoms with Crippen molar-refractivity contribution in [2.75, 3.05) is 19.8 Å². The molecule has 0 bridgehead atoms. The molecule has 0 atom stereocenters. The van der Waals surface area contributed by atoms with E-state index in [0.717, 1.165) is 0 Å². The van der Waals surface area contributed by atoms with Crippen molar-refractivity contribution < 1.29 is 23.2 Å². The fourth-order valence-corrected chi connectivity index (χ4v) is 2.01. The van der Waals surface area contributed by atoms with Crippen LogP contribution in [0.3, 0.4) is 0 Å². The molecule has 0 spiro atoms. The van der Waals surface area contributed by atoms with Gasteiger partial charge in [-0.3, -0.25) is 16.2 Å². The Morgan fingerprint density at radius 1 is 1.07 bits per heavy atom. The van der Waals surface area contributed by atoms with E-state index in [1.807, 2.05) is 0 Å². The molecule has 8 nitrogen and oxygen atoms in total. The molecule has 0 aromatic rings. The first-order chi connectivity index (χ1) is 6.93. The predicted octanol–water partition coefficient (Wildman–Crippen LogP) is -2.84. The molecular weight excluding hydrogens is 226 g/mol. The predicted molar refractivity (Wildman–Crippen MR) is 55.1 cm³/mol. The Morgan fingerprint density at radius 2 is 1.40 bits per heavy atom. The molecule has 0 heterocycles. The minimum Gasteiger partial charge on any atom is -0.396 e. The monoisotopic (exact) mass is 245 g/mol. The molecule has 9 heteroatoms. The fraction of sp³-hybridized carbons (Fsp3) is 1.00. The molecule has 0 aliphatic heterocycles. The van der Waals surface area contributed by atoms with Crippen molar-refractivity contribution >= 4 is 10.1 Å². The highest BCUT2D eigenvalue weighted by Gasteiger charge is 2.40. The van der Waals surface area contributed by atoms with Crippen molar-refractivity contribution in [2.45, 2.75) is 17.6 Å². The Labute approximate surface area is 88.8 Å². The number of aliphatic hydroxyl groups excluding tert-OH is 2. The zero-order chi connectivity index (χ0) is 12.5. The summed E-state index contributed by atoms with van der Waals surface area (Å²) in [5.41, 5.74) is 5.20. The molecule has 0 saturated carbocycles. The van der Waals surface area contributed by atoms with E-state index in [4.69, 9.17) is 20.5 Å². The first kappa shape index (κ1) is 17.1. The maximum absolute atomic E-state index is 10.9. The second-order valence-corrected chi connectivity index (χ2v) is 4.63. The van der Waals surface area contributed by atoms with Gasteiger partial charge >= 0.3 is 0 Å². The Bertz CT molecular complexity index is 237. The summed E-state index contributed by atoms with van der Waals surface area (Å²) in [5, 5.41) is 17.2. The summed E-state index contributed by atoms with van der Waals surface area (Å²) in [5.74, 6) is 8.00. The van der Waals surface area contributed by atoms with E-state index >= 15 is 0 Å². The van der Waals surface area contributed by atoms with Gasteiger partial charge in [-0.1, -0.05) is 0 Å². The maximum Gasteiger partial charge on any atom is 0.272 e. The van der Waals surface area contributed by atoms with Crippen LogP contribution >= 0.6 is 0 Å². The molecule has 9 N–H and O–H groups in total. The van der Waals surface area contributed by atoms with Gasteiger partial charge in [0.05, 0.1) is 0 Å². The zero-order valence-corrected chi connectivity index (χ0v) is 9.15. The van der Waals surface area contributed by atoms with Crippen molar-refractivity contribution in [1.82, 2.24) is 0 Å². The van der Waals surface area contributed by atoms with Crippen LogP contribution in [0, 0.1) is 0 Å². The average Bonchev–Trinajstić information content (AvgIpc) is 2.18. The van der Waals surface area contributed by atoms with Gasteiger partial charge in [0, 0.05) is 19.8 Å². The van der Waals surface area contributed by atoms with Crippen molar-refractivity contribution in [3.05, 3.63) is 0 Å². The van der Waals surface area contributed by atoms with Gasteiger partial charge in [0.25, 0.3) is 10.1 Å². The van der Waals surface area contributed by atoms with E-state index in [1.54, 1.807) is 0 Å². The van der Waals surface area contributed by atoms with E-state index < -0.39 is 28.1 Å². The number of hydrogen-bond donors (Lipinski definition) is 6. The first-order valence-electron chi connectivity index (χ1n) is 4.15. The zero-order valence-electron chi connectivity index (χ0n) is 8.33. The summed E-state index contributed by atoms with van der Waals surface area (Å²) in [6, 6.07) is 0. The number of hydrazine groups is 1. The largest absolute Gasteiger partial charge is 0.396 e. The third kappa shape index (κ3) is 4.84. The van der Waals surface area contributed by atoms with Crippen molar-refractivity contribution in [3.8, 4) is 0 Å². The van der Waals surface area contributed by atoms with Crippen LogP contribution in [-0.4, -0.2) is 47.7 Å². The van der Waals surface area contributed by atoms with Gasteiger partial charge in [0.1, 0.15) is 4.75 Å². The number of aliphatic hydroxyl groups is 2. The quantitative estimate of drug-likeness (QED) is 0.165. The van der Waals surface area contributed by atoms with E-state index in [-0.39, 0.29) is 19.4 Å². The molecule has 94 valence electrons. The lowest BCUT2D eigenvalue weighted by Gasteiger charge is -2.27. The summed E-state index contributed by atoms with van der Waals surface area (Å²) >= 11 is 0. The van der Waals surface area contributed by atoms with Crippen LogP contribution in [0.2, 0.25) is 0 Å². The van der Waals surface area contributed by atoms with E-state index in [2.05, 4.69) is 11.7 Å². The van der Waals surface area contributed by atoms with E-state index in [0.29, 0.717) is 0 Å². The summed E-state index contributed by atoms with van der Waals surface area (Å²) < 4.78 is 29.1. The van der Waals surface area contributed by atoms with Crippen LogP contribution in [0.15, 0.2) is 0 Å². The third-order valence-electron chi connectivity index (χ3n) is 2.05. The number of rotatable bonds is 6. The first-order valence-corrected chi connectivity index (χ1v) is 5.59. The van der Waals surface area contributed by atoms with Crippen LogP contribution in [0.1, 0.15) is 12.8 Å². The van der Waals surface area contributed by atoms with Gasteiger partial charge in [-0.05, 0) is 12.8 Å². The average molecular weight is 245 g/mol. The van der Waals surface area contributed by atoms with Gasteiger partial charge in [-0.15, -0.1) is 0 Å². The van der Waals surface area contributed by atoms with E-state index in [1.165, 1.54) is 0 Å². The van der Waals surface area contributed by atoms with Crippen LogP contribution in [0.25, 0.3) is 0 Å². The third-order valence-corrected chi connectivity index (χ3v) is 3.72. The Hall–Kier alpha value is -0.290. The van der Waals surface area contributed by atoms with Gasteiger partial charge in [0.15, 0.2) is 0 Å². The van der Waals surface area contributed by atoms with Crippen molar-refractivity contribution in [1.29, 1.82) is 0 Å². The summed E-state index contributed by atoms with van der Waals surface area (Å²) in [6.07, 6.45) is -0.355. The van der Waals surface area contributed by atoms with Gasteiger partial charge in [-0.2, -0.15) is 8.42 Å². The van der Waals surface area contributed by atoms with Crippen molar-refractivity contribution in [2.24, 2.45) is 17.4 Å².